The molecule has 0 aliphatic carbocycles. The van der Waals surface area contributed by atoms with E-state index in [1.807, 2.05) is 25.1 Å². The summed E-state index contributed by atoms with van der Waals surface area (Å²) < 4.78 is 0. The first kappa shape index (κ1) is 11.7. The fraction of sp³-hybridized carbons (Fsp3) is 0.357. The fourth-order valence-electron chi connectivity index (χ4n) is 2.19. The third kappa shape index (κ3) is 2.04. The lowest BCUT2D eigenvalue weighted by Gasteiger charge is -2.20. The smallest absolute Gasteiger partial charge is 0.228 e. The predicted molar refractivity (Wildman–Crippen MR) is 66.4 cm³/mol. The summed E-state index contributed by atoms with van der Waals surface area (Å²) in [5.74, 6) is 2.69. The van der Waals surface area contributed by atoms with Crippen molar-refractivity contribution in [1.82, 2.24) is 0 Å². The molecule has 1 atom stereocenters. The normalized spacial score (nSPS) is 19.5. The number of aliphatic hydroxyl groups excluding tert-OH is 1. The van der Waals surface area contributed by atoms with Crippen LogP contribution in [0.25, 0.3) is 0 Å². The Bertz CT molecular complexity index is 487. The van der Waals surface area contributed by atoms with Gasteiger partial charge in [-0.2, -0.15) is 0 Å². The fourth-order valence-corrected chi connectivity index (χ4v) is 2.19. The van der Waals surface area contributed by atoms with Gasteiger partial charge in [0.25, 0.3) is 0 Å². The maximum absolute atomic E-state index is 11.9. The highest BCUT2D eigenvalue weighted by atomic mass is 16.3. The Hall–Kier alpha value is -1.79. The highest BCUT2D eigenvalue weighted by Crippen LogP contribution is 2.29. The molecule has 88 valence electrons. The number of rotatable bonds is 2. The number of hydrogen-bond acceptors (Lipinski definition) is 2. The van der Waals surface area contributed by atoms with E-state index in [0.717, 1.165) is 16.8 Å². The van der Waals surface area contributed by atoms with E-state index in [0.29, 0.717) is 13.0 Å². The molecule has 0 aromatic heterocycles. The molecule has 1 unspecified atom stereocenters. The topological polar surface area (TPSA) is 40.5 Å². The van der Waals surface area contributed by atoms with E-state index < -0.39 is 0 Å². The minimum Gasteiger partial charge on any atom is -0.392 e. The average molecular weight is 229 g/mol. The quantitative estimate of drug-likeness (QED) is 0.780. The third-order valence-corrected chi connectivity index (χ3v) is 3.24. The Morgan fingerprint density at radius 2 is 2.35 bits per heavy atom. The molecule has 17 heavy (non-hydrogen) atoms. The summed E-state index contributed by atoms with van der Waals surface area (Å²) in [7, 11) is 0. The van der Waals surface area contributed by atoms with Crippen molar-refractivity contribution >= 4 is 11.6 Å². The summed E-state index contributed by atoms with van der Waals surface area (Å²) in [5, 5.41) is 9.21. The largest absolute Gasteiger partial charge is 0.392 e. The van der Waals surface area contributed by atoms with Crippen molar-refractivity contribution in [2.45, 2.75) is 20.0 Å². The van der Waals surface area contributed by atoms with E-state index in [4.69, 9.17) is 6.42 Å². The first-order valence-electron chi connectivity index (χ1n) is 5.63. The lowest BCUT2D eigenvalue weighted by atomic mass is 10.1. The molecule has 1 aromatic carbocycles. The van der Waals surface area contributed by atoms with Crippen molar-refractivity contribution in [3.8, 4) is 12.3 Å². The minimum atomic E-state index is -0.0136. The predicted octanol–water partition coefficient (Wildman–Crippen LogP) is 1.47. The molecule has 2 rings (SSSR count). The molecular formula is C14H15NO2. The van der Waals surface area contributed by atoms with Crippen LogP contribution in [0.1, 0.15) is 17.5 Å². The first-order chi connectivity index (χ1) is 8.17. The molecule has 3 nitrogen and oxygen atoms in total. The molecule has 1 aromatic rings. The van der Waals surface area contributed by atoms with Crippen LogP contribution >= 0.6 is 0 Å². The van der Waals surface area contributed by atoms with Gasteiger partial charge >= 0.3 is 0 Å². The molecule has 3 heteroatoms. The second-order valence-corrected chi connectivity index (χ2v) is 4.29. The van der Waals surface area contributed by atoms with Gasteiger partial charge in [-0.1, -0.05) is 12.1 Å². The SMILES string of the molecule is C#CC1CC(=O)N(c2cccc(CO)c2C)C1. The average Bonchev–Trinajstić information content (AvgIpc) is 2.71. The minimum absolute atomic E-state index is 0.000294. The van der Waals surface area contributed by atoms with Gasteiger partial charge in [0, 0.05) is 24.6 Å². The molecule has 1 fully saturated rings. The van der Waals surface area contributed by atoms with Gasteiger partial charge in [0.05, 0.1) is 6.61 Å². The van der Waals surface area contributed by atoms with Gasteiger partial charge < -0.3 is 10.0 Å². The number of terminal acetylenes is 1. The Kier molecular flexibility index (Phi) is 3.16. The van der Waals surface area contributed by atoms with Crippen LogP contribution in [0.3, 0.4) is 0 Å². The summed E-state index contributed by atoms with van der Waals surface area (Å²) >= 11 is 0. The van der Waals surface area contributed by atoms with E-state index in [-0.39, 0.29) is 18.4 Å². The summed E-state index contributed by atoms with van der Waals surface area (Å²) in [4.78, 5) is 13.6. The van der Waals surface area contributed by atoms with Crippen LogP contribution < -0.4 is 4.90 Å². The molecule has 0 saturated carbocycles. The van der Waals surface area contributed by atoms with Gasteiger partial charge in [-0.3, -0.25) is 4.79 Å². The van der Waals surface area contributed by atoms with Crippen molar-refractivity contribution in [1.29, 1.82) is 0 Å². The van der Waals surface area contributed by atoms with Crippen LogP contribution in [0.2, 0.25) is 0 Å². The molecule has 0 bridgehead atoms. The highest BCUT2D eigenvalue weighted by molar-refractivity contribution is 5.97. The number of amides is 1. The molecule has 1 heterocycles. The molecule has 1 aliphatic heterocycles. The number of carbonyl (C=O) groups is 1. The number of nitrogens with zero attached hydrogens (tertiary/aromatic N) is 1. The number of anilines is 1. The Balaban J connectivity index is 2.36. The van der Waals surface area contributed by atoms with Gasteiger partial charge in [0.2, 0.25) is 5.91 Å². The van der Waals surface area contributed by atoms with Gasteiger partial charge in [-0.25, -0.2) is 0 Å². The maximum atomic E-state index is 11.9. The third-order valence-electron chi connectivity index (χ3n) is 3.24. The van der Waals surface area contributed by atoms with E-state index in [9.17, 15) is 9.90 Å². The standard InChI is InChI=1S/C14H15NO2/c1-3-11-7-14(17)15(8-11)13-6-4-5-12(9-16)10(13)2/h1,4-6,11,16H,7-9H2,2H3. The maximum Gasteiger partial charge on any atom is 0.228 e. The van der Waals surface area contributed by atoms with Crippen molar-refractivity contribution < 1.29 is 9.90 Å². The van der Waals surface area contributed by atoms with E-state index >= 15 is 0 Å². The number of aliphatic hydroxyl groups is 1. The van der Waals surface area contributed by atoms with E-state index in [1.165, 1.54) is 0 Å². The van der Waals surface area contributed by atoms with Crippen LogP contribution in [0.15, 0.2) is 18.2 Å². The van der Waals surface area contributed by atoms with Crippen LogP contribution in [-0.4, -0.2) is 17.6 Å². The first-order valence-corrected chi connectivity index (χ1v) is 5.63. The number of carbonyl (C=O) groups excluding carboxylic acids is 1. The zero-order valence-corrected chi connectivity index (χ0v) is 9.81. The molecule has 0 radical (unpaired) electrons. The Morgan fingerprint density at radius 1 is 1.59 bits per heavy atom. The monoisotopic (exact) mass is 229 g/mol. The summed E-state index contributed by atoms with van der Waals surface area (Å²) in [6.07, 6.45) is 5.78. The molecule has 0 spiro atoms. The number of benzene rings is 1. The zero-order valence-electron chi connectivity index (χ0n) is 9.81. The highest BCUT2D eigenvalue weighted by Gasteiger charge is 2.30. The molecule has 1 N–H and O–H groups in total. The zero-order chi connectivity index (χ0) is 12.4. The van der Waals surface area contributed by atoms with Gasteiger partial charge in [-0.15, -0.1) is 12.3 Å². The van der Waals surface area contributed by atoms with Gasteiger partial charge in [0.15, 0.2) is 0 Å². The summed E-state index contributed by atoms with van der Waals surface area (Å²) in [6, 6.07) is 5.60. The van der Waals surface area contributed by atoms with E-state index in [2.05, 4.69) is 5.92 Å². The second-order valence-electron chi connectivity index (χ2n) is 4.29. The molecule has 1 amide bonds. The van der Waals surface area contributed by atoms with Crippen molar-refractivity contribution in [2.24, 2.45) is 5.92 Å². The van der Waals surface area contributed by atoms with Crippen molar-refractivity contribution in [3.05, 3.63) is 29.3 Å². The van der Waals surface area contributed by atoms with Gasteiger partial charge in [0.1, 0.15) is 0 Å². The Morgan fingerprint density at radius 3 is 2.94 bits per heavy atom. The van der Waals surface area contributed by atoms with Crippen molar-refractivity contribution in [2.75, 3.05) is 11.4 Å². The van der Waals surface area contributed by atoms with E-state index in [1.54, 1.807) is 4.90 Å². The van der Waals surface area contributed by atoms with Gasteiger partial charge in [-0.05, 0) is 24.1 Å². The van der Waals surface area contributed by atoms with Crippen molar-refractivity contribution in [3.63, 3.8) is 0 Å². The molecular weight excluding hydrogens is 214 g/mol. The molecule has 1 aliphatic rings. The number of hydrogen-bond donors (Lipinski definition) is 1. The lowest BCUT2D eigenvalue weighted by molar-refractivity contribution is -0.117. The summed E-state index contributed by atoms with van der Waals surface area (Å²) in [6.45, 7) is 2.47. The molecule has 1 saturated heterocycles. The lowest BCUT2D eigenvalue weighted by Crippen LogP contribution is -2.25. The Labute approximate surface area is 101 Å². The summed E-state index contributed by atoms with van der Waals surface area (Å²) in [5.41, 5.74) is 2.65. The second kappa shape index (κ2) is 4.60. The van der Waals surface area contributed by atoms with Crippen LogP contribution in [-0.2, 0) is 11.4 Å². The van der Waals surface area contributed by atoms with Crippen LogP contribution in [0.4, 0.5) is 5.69 Å². The van der Waals surface area contributed by atoms with Crippen LogP contribution in [0, 0.1) is 25.2 Å². The van der Waals surface area contributed by atoms with Crippen LogP contribution in [0.5, 0.6) is 0 Å².